The number of carbonyl (C=O) groups is 1. The van der Waals surface area contributed by atoms with Crippen LogP contribution in [0.4, 0.5) is 0 Å². The van der Waals surface area contributed by atoms with Crippen molar-refractivity contribution in [3.8, 4) is 0 Å². The summed E-state index contributed by atoms with van der Waals surface area (Å²) in [5.74, 6) is 0.567. The molecule has 0 aromatic carbocycles. The highest BCUT2D eigenvalue weighted by molar-refractivity contribution is 5.84. The normalized spacial score (nSPS) is 21.3. The van der Waals surface area contributed by atoms with Gasteiger partial charge in [-0.15, -0.1) is 0 Å². The van der Waals surface area contributed by atoms with Gasteiger partial charge in [0.15, 0.2) is 0 Å². The van der Waals surface area contributed by atoms with E-state index in [0.717, 1.165) is 24.5 Å². The van der Waals surface area contributed by atoms with E-state index in [9.17, 15) is 4.79 Å². The number of unbranched alkanes of at least 4 members (excludes halogenated alkanes) is 2. The monoisotopic (exact) mass is 294 g/mol. The van der Waals surface area contributed by atoms with Gasteiger partial charge in [-0.1, -0.05) is 45.3 Å². The number of esters is 1. The van der Waals surface area contributed by atoms with Gasteiger partial charge in [-0.2, -0.15) is 0 Å². The molecule has 1 aliphatic carbocycles. The van der Waals surface area contributed by atoms with Crippen LogP contribution in [0.5, 0.6) is 0 Å². The van der Waals surface area contributed by atoms with Gasteiger partial charge in [-0.25, -0.2) is 4.79 Å². The molecule has 0 aliphatic heterocycles. The standard InChI is InChI=1S/C17H30N2O2/c1-14(2)8-6-5-7-13-21-16(20)17(19-4)11-9-15(18-3)10-12-17/h9-11,14,18-19H,5-8,12-13H2,1-4H3. The summed E-state index contributed by atoms with van der Waals surface area (Å²) < 4.78 is 5.45. The Hall–Kier alpha value is -1.29. The van der Waals surface area contributed by atoms with E-state index in [1.165, 1.54) is 12.8 Å². The lowest BCUT2D eigenvalue weighted by Gasteiger charge is -2.29. The van der Waals surface area contributed by atoms with Crippen LogP contribution in [0.15, 0.2) is 23.9 Å². The lowest BCUT2D eigenvalue weighted by molar-refractivity contribution is -0.149. The smallest absolute Gasteiger partial charge is 0.330 e. The van der Waals surface area contributed by atoms with Crippen LogP contribution in [-0.2, 0) is 9.53 Å². The average molecular weight is 294 g/mol. The zero-order valence-corrected chi connectivity index (χ0v) is 13.9. The van der Waals surface area contributed by atoms with E-state index in [0.29, 0.717) is 13.0 Å². The molecule has 0 spiro atoms. The molecule has 4 heteroatoms. The lowest BCUT2D eigenvalue weighted by Crippen LogP contribution is -2.50. The van der Waals surface area contributed by atoms with E-state index < -0.39 is 5.54 Å². The highest BCUT2D eigenvalue weighted by atomic mass is 16.5. The third-order valence-electron chi connectivity index (χ3n) is 3.95. The van der Waals surface area contributed by atoms with Crippen molar-refractivity contribution < 1.29 is 9.53 Å². The Bertz CT molecular complexity index is 388. The summed E-state index contributed by atoms with van der Waals surface area (Å²) in [6.45, 7) is 4.98. The Morgan fingerprint density at radius 2 is 2.10 bits per heavy atom. The van der Waals surface area contributed by atoms with Crippen LogP contribution >= 0.6 is 0 Å². The summed E-state index contributed by atoms with van der Waals surface area (Å²) in [7, 11) is 3.67. The fourth-order valence-corrected chi connectivity index (χ4v) is 2.39. The van der Waals surface area contributed by atoms with Crippen molar-refractivity contribution in [1.29, 1.82) is 0 Å². The van der Waals surface area contributed by atoms with Crippen molar-refractivity contribution in [1.82, 2.24) is 10.6 Å². The van der Waals surface area contributed by atoms with Gasteiger partial charge in [0, 0.05) is 19.2 Å². The van der Waals surface area contributed by atoms with Crippen molar-refractivity contribution in [2.45, 2.75) is 51.5 Å². The minimum atomic E-state index is -0.710. The van der Waals surface area contributed by atoms with E-state index in [4.69, 9.17) is 4.74 Å². The molecule has 21 heavy (non-hydrogen) atoms. The lowest BCUT2D eigenvalue weighted by atomic mass is 9.90. The summed E-state index contributed by atoms with van der Waals surface area (Å²) in [6.07, 6.45) is 11.0. The SMILES string of the molecule is CNC1=CCC(NC)(C(=O)OCCCCCC(C)C)C=C1. The second-order valence-corrected chi connectivity index (χ2v) is 6.05. The van der Waals surface area contributed by atoms with E-state index in [2.05, 4.69) is 24.5 Å². The van der Waals surface area contributed by atoms with Crippen LogP contribution in [0, 0.1) is 5.92 Å². The van der Waals surface area contributed by atoms with Crippen molar-refractivity contribution in [2.24, 2.45) is 5.92 Å². The van der Waals surface area contributed by atoms with Gasteiger partial charge >= 0.3 is 5.97 Å². The highest BCUT2D eigenvalue weighted by Crippen LogP contribution is 2.21. The van der Waals surface area contributed by atoms with Crippen LogP contribution in [0.2, 0.25) is 0 Å². The molecule has 0 radical (unpaired) electrons. The van der Waals surface area contributed by atoms with Crippen molar-refractivity contribution in [3.05, 3.63) is 23.9 Å². The number of allylic oxidation sites excluding steroid dienone is 1. The van der Waals surface area contributed by atoms with Gasteiger partial charge in [-0.05, 0) is 25.5 Å². The summed E-state index contributed by atoms with van der Waals surface area (Å²) in [5.41, 5.74) is 0.320. The molecule has 0 saturated heterocycles. The maximum Gasteiger partial charge on any atom is 0.330 e. The van der Waals surface area contributed by atoms with Crippen LogP contribution < -0.4 is 10.6 Å². The van der Waals surface area contributed by atoms with Gasteiger partial charge < -0.3 is 15.4 Å². The Labute approximate surface area is 129 Å². The number of ether oxygens (including phenoxy) is 1. The molecule has 4 nitrogen and oxygen atoms in total. The van der Waals surface area contributed by atoms with Crippen LogP contribution in [0.25, 0.3) is 0 Å². The quantitative estimate of drug-likeness (QED) is 0.507. The Balaban J connectivity index is 2.33. The van der Waals surface area contributed by atoms with Gasteiger partial charge in [0.1, 0.15) is 5.54 Å². The summed E-state index contributed by atoms with van der Waals surface area (Å²) in [4.78, 5) is 12.3. The zero-order valence-electron chi connectivity index (χ0n) is 13.9. The molecule has 1 unspecified atom stereocenters. The summed E-state index contributed by atoms with van der Waals surface area (Å²) in [5, 5.41) is 6.17. The predicted octanol–water partition coefficient (Wildman–Crippen LogP) is 2.77. The van der Waals surface area contributed by atoms with Crippen molar-refractivity contribution >= 4 is 5.97 Å². The summed E-state index contributed by atoms with van der Waals surface area (Å²) in [6, 6.07) is 0. The molecule has 120 valence electrons. The minimum absolute atomic E-state index is 0.184. The third kappa shape index (κ3) is 5.54. The van der Waals surface area contributed by atoms with Gasteiger partial charge in [0.25, 0.3) is 0 Å². The number of rotatable bonds is 9. The maximum absolute atomic E-state index is 12.3. The topological polar surface area (TPSA) is 50.4 Å². The second-order valence-electron chi connectivity index (χ2n) is 6.05. The maximum atomic E-state index is 12.3. The first-order valence-corrected chi connectivity index (χ1v) is 7.97. The fourth-order valence-electron chi connectivity index (χ4n) is 2.39. The molecular weight excluding hydrogens is 264 g/mol. The van der Waals surface area contributed by atoms with E-state index in [1.54, 1.807) is 7.05 Å². The molecule has 1 rings (SSSR count). The van der Waals surface area contributed by atoms with E-state index in [1.807, 2.05) is 25.3 Å². The predicted molar refractivity (Wildman–Crippen MR) is 87.0 cm³/mol. The highest BCUT2D eigenvalue weighted by Gasteiger charge is 2.36. The summed E-state index contributed by atoms with van der Waals surface area (Å²) >= 11 is 0. The average Bonchev–Trinajstić information content (AvgIpc) is 2.50. The molecule has 1 atom stereocenters. The molecule has 0 aromatic rings. The number of hydrogen-bond donors (Lipinski definition) is 2. The molecule has 1 aliphatic rings. The molecule has 2 N–H and O–H groups in total. The second kappa shape index (κ2) is 8.88. The van der Waals surface area contributed by atoms with E-state index in [-0.39, 0.29) is 5.97 Å². The molecule has 0 amide bonds. The first-order valence-electron chi connectivity index (χ1n) is 7.97. The van der Waals surface area contributed by atoms with Crippen LogP contribution in [-0.4, -0.2) is 32.2 Å². The third-order valence-corrected chi connectivity index (χ3v) is 3.95. The molecule has 0 heterocycles. The Morgan fingerprint density at radius 1 is 1.33 bits per heavy atom. The molecular formula is C17H30N2O2. The zero-order chi connectivity index (χ0) is 15.7. The minimum Gasteiger partial charge on any atom is -0.464 e. The van der Waals surface area contributed by atoms with E-state index >= 15 is 0 Å². The van der Waals surface area contributed by atoms with Gasteiger partial charge in [-0.3, -0.25) is 0 Å². The van der Waals surface area contributed by atoms with Crippen LogP contribution in [0.3, 0.4) is 0 Å². The van der Waals surface area contributed by atoms with Crippen molar-refractivity contribution in [3.63, 3.8) is 0 Å². The number of nitrogens with one attached hydrogen (secondary N) is 2. The molecule has 0 fully saturated rings. The van der Waals surface area contributed by atoms with Gasteiger partial charge in [0.05, 0.1) is 6.61 Å². The molecule has 0 bridgehead atoms. The number of hydrogen-bond acceptors (Lipinski definition) is 4. The number of likely N-dealkylation sites (N-methyl/N-ethyl adjacent to an activating group) is 2. The largest absolute Gasteiger partial charge is 0.464 e. The Kier molecular flexibility index (Phi) is 7.51. The first-order chi connectivity index (χ1) is 10.0. The molecule has 0 aromatic heterocycles. The molecule has 0 saturated carbocycles. The fraction of sp³-hybridized carbons (Fsp3) is 0.706. The Morgan fingerprint density at radius 3 is 2.62 bits per heavy atom. The van der Waals surface area contributed by atoms with Gasteiger partial charge in [0.2, 0.25) is 0 Å². The van der Waals surface area contributed by atoms with Crippen LogP contribution in [0.1, 0.15) is 46.0 Å². The first kappa shape index (κ1) is 17.8. The number of carbonyl (C=O) groups excluding carboxylic acids is 1. The van der Waals surface area contributed by atoms with Crippen molar-refractivity contribution in [2.75, 3.05) is 20.7 Å².